The van der Waals surface area contributed by atoms with Gasteiger partial charge in [-0.2, -0.15) is 5.10 Å². The summed E-state index contributed by atoms with van der Waals surface area (Å²) < 4.78 is 0.975. The lowest BCUT2D eigenvalue weighted by molar-refractivity contribution is -0.136. The number of amides is 2. The number of hydrazine groups is 1. The van der Waals surface area contributed by atoms with Gasteiger partial charge in [0.1, 0.15) is 6.54 Å². The molecule has 19 heavy (non-hydrogen) atoms. The Morgan fingerprint density at radius 2 is 2.05 bits per heavy atom. The van der Waals surface area contributed by atoms with E-state index in [2.05, 4.69) is 21.0 Å². The summed E-state index contributed by atoms with van der Waals surface area (Å²) in [6, 6.07) is 7.65. The van der Waals surface area contributed by atoms with Crippen LogP contribution in [0.4, 0.5) is 0 Å². The molecule has 0 atom stereocenters. The van der Waals surface area contributed by atoms with Gasteiger partial charge in [-0.05, 0) is 17.7 Å². The SMILES string of the molecule is NNC(=O)CN1N=C(c2ccc(Br)cc2)CCC1=O. The zero-order valence-electron chi connectivity index (χ0n) is 10.1. The summed E-state index contributed by atoms with van der Waals surface area (Å²) >= 11 is 3.36. The highest BCUT2D eigenvalue weighted by Gasteiger charge is 2.22. The number of hydrazone groups is 1. The van der Waals surface area contributed by atoms with Gasteiger partial charge < -0.3 is 0 Å². The van der Waals surface area contributed by atoms with Crippen LogP contribution in [0.5, 0.6) is 0 Å². The van der Waals surface area contributed by atoms with Crippen molar-refractivity contribution < 1.29 is 9.59 Å². The number of halogens is 1. The van der Waals surface area contributed by atoms with Crippen LogP contribution in [-0.4, -0.2) is 29.1 Å². The number of hydrogen-bond acceptors (Lipinski definition) is 4. The molecule has 0 saturated carbocycles. The molecule has 1 aliphatic heterocycles. The van der Waals surface area contributed by atoms with Crippen molar-refractivity contribution in [2.24, 2.45) is 10.9 Å². The second kappa shape index (κ2) is 5.94. The highest BCUT2D eigenvalue weighted by atomic mass is 79.9. The molecule has 2 amide bonds. The summed E-state index contributed by atoms with van der Waals surface area (Å²) in [6.45, 7) is -0.157. The van der Waals surface area contributed by atoms with E-state index in [9.17, 15) is 9.59 Å². The Hall–Kier alpha value is -1.73. The molecule has 0 saturated heterocycles. The maximum atomic E-state index is 11.7. The molecule has 1 heterocycles. The van der Waals surface area contributed by atoms with Crippen molar-refractivity contribution in [2.45, 2.75) is 12.8 Å². The second-order valence-electron chi connectivity index (χ2n) is 4.07. The van der Waals surface area contributed by atoms with E-state index >= 15 is 0 Å². The third-order valence-electron chi connectivity index (χ3n) is 2.74. The van der Waals surface area contributed by atoms with Gasteiger partial charge in [-0.15, -0.1) is 0 Å². The molecule has 0 bridgehead atoms. The van der Waals surface area contributed by atoms with Crippen LogP contribution < -0.4 is 11.3 Å². The van der Waals surface area contributed by atoms with Gasteiger partial charge >= 0.3 is 0 Å². The summed E-state index contributed by atoms with van der Waals surface area (Å²) in [5, 5.41) is 5.38. The Bertz CT molecular complexity index is 527. The van der Waals surface area contributed by atoms with E-state index in [-0.39, 0.29) is 12.5 Å². The highest BCUT2D eigenvalue weighted by molar-refractivity contribution is 9.10. The molecule has 2 rings (SSSR count). The van der Waals surface area contributed by atoms with Gasteiger partial charge in [-0.25, -0.2) is 10.9 Å². The fourth-order valence-electron chi connectivity index (χ4n) is 1.76. The summed E-state index contributed by atoms with van der Waals surface area (Å²) in [4.78, 5) is 22.9. The minimum Gasteiger partial charge on any atom is -0.293 e. The molecule has 100 valence electrons. The molecule has 0 unspecified atom stereocenters. The monoisotopic (exact) mass is 324 g/mol. The standard InChI is InChI=1S/C12H13BrN4O2/c13-9-3-1-8(2-4-9)10-5-6-12(19)17(16-10)7-11(18)15-14/h1-4H,5-7,14H2,(H,15,18). The minimum absolute atomic E-state index is 0.157. The summed E-state index contributed by atoms with van der Waals surface area (Å²) in [7, 11) is 0. The van der Waals surface area contributed by atoms with E-state index in [1.54, 1.807) is 0 Å². The normalized spacial score (nSPS) is 15.2. The van der Waals surface area contributed by atoms with Crippen molar-refractivity contribution in [3.63, 3.8) is 0 Å². The maximum absolute atomic E-state index is 11.7. The number of carbonyl (C=O) groups is 2. The van der Waals surface area contributed by atoms with Crippen molar-refractivity contribution in [2.75, 3.05) is 6.54 Å². The largest absolute Gasteiger partial charge is 0.293 e. The van der Waals surface area contributed by atoms with Crippen LogP contribution in [0.2, 0.25) is 0 Å². The van der Waals surface area contributed by atoms with Crippen LogP contribution in [0.15, 0.2) is 33.8 Å². The molecule has 7 heteroatoms. The Morgan fingerprint density at radius 3 is 2.68 bits per heavy atom. The van der Waals surface area contributed by atoms with Crippen LogP contribution in [0.1, 0.15) is 18.4 Å². The number of nitrogens with zero attached hydrogens (tertiary/aromatic N) is 2. The number of hydrogen-bond donors (Lipinski definition) is 2. The Labute approximate surface area is 118 Å². The Kier molecular flexibility index (Phi) is 4.28. The smallest absolute Gasteiger partial charge is 0.255 e. The van der Waals surface area contributed by atoms with E-state index in [4.69, 9.17) is 5.84 Å². The number of benzene rings is 1. The average Bonchev–Trinajstić information content (AvgIpc) is 2.42. The third kappa shape index (κ3) is 3.39. The predicted octanol–water partition coefficient (Wildman–Crippen LogP) is 0.766. The summed E-state index contributed by atoms with van der Waals surface area (Å²) in [5.74, 6) is 4.38. The van der Waals surface area contributed by atoms with Gasteiger partial charge in [0.2, 0.25) is 5.91 Å². The molecule has 3 N–H and O–H groups in total. The molecule has 0 radical (unpaired) electrons. The van der Waals surface area contributed by atoms with Crippen LogP contribution in [0, 0.1) is 0 Å². The summed E-state index contributed by atoms with van der Waals surface area (Å²) in [6.07, 6.45) is 0.911. The number of nitrogens with one attached hydrogen (secondary N) is 1. The van der Waals surface area contributed by atoms with Crippen LogP contribution in [-0.2, 0) is 9.59 Å². The van der Waals surface area contributed by atoms with Crippen LogP contribution in [0.25, 0.3) is 0 Å². The zero-order valence-corrected chi connectivity index (χ0v) is 11.7. The average molecular weight is 325 g/mol. The van der Waals surface area contributed by atoms with Gasteiger partial charge in [0.15, 0.2) is 0 Å². The molecule has 0 aromatic heterocycles. The number of rotatable bonds is 3. The second-order valence-corrected chi connectivity index (χ2v) is 4.99. The number of nitrogens with two attached hydrogens (primary N) is 1. The van der Waals surface area contributed by atoms with Crippen molar-refractivity contribution in [3.05, 3.63) is 34.3 Å². The van der Waals surface area contributed by atoms with E-state index in [0.29, 0.717) is 12.8 Å². The molecule has 0 aliphatic carbocycles. The van der Waals surface area contributed by atoms with E-state index in [0.717, 1.165) is 20.8 Å². The fraction of sp³-hybridized carbons (Fsp3) is 0.250. The van der Waals surface area contributed by atoms with Crippen LogP contribution in [0.3, 0.4) is 0 Å². The molecular weight excluding hydrogens is 312 g/mol. The molecule has 0 fully saturated rings. The Morgan fingerprint density at radius 1 is 1.37 bits per heavy atom. The first kappa shape index (κ1) is 13.7. The first-order valence-electron chi connectivity index (χ1n) is 5.73. The van der Waals surface area contributed by atoms with Crippen molar-refractivity contribution >= 4 is 33.5 Å². The quantitative estimate of drug-likeness (QED) is 0.489. The summed E-state index contributed by atoms with van der Waals surface area (Å²) in [5.41, 5.74) is 3.71. The molecule has 1 aliphatic rings. The molecular formula is C12H13BrN4O2. The van der Waals surface area contributed by atoms with Gasteiger partial charge in [-0.1, -0.05) is 28.1 Å². The Balaban J connectivity index is 2.21. The fourth-order valence-corrected chi connectivity index (χ4v) is 2.02. The number of carbonyl (C=O) groups excluding carboxylic acids is 2. The lowest BCUT2D eigenvalue weighted by atomic mass is 10.0. The van der Waals surface area contributed by atoms with E-state index in [1.165, 1.54) is 0 Å². The minimum atomic E-state index is -0.450. The molecule has 0 spiro atoms. The first-order chi connectivity index (χ1) is 9.10. The van der Waals surface area contributed by atoms with Crippen molar-refractivity contribution in [1.82, 2.24) is 10.4 Å². The maximum Gasteiger partial charge on any atom is 0.255 e. The van der Waals surface area contributed by atoms with Crippen molar-refractivity contribution in [1.29, 1.82) is 0 Å². The third-order valence-corrected chi connectivity index (χ3v) is 3.27. The van der Waals surface area contributed by atoms with Crippen molar-refractivity contribution in [3.8, 4) is 0 Å². The topological polar surface area (TPSA) is 87.8 Å². The zero-order chi connectivity index (χ0) is 13.8. The van der Waals surface area contributed by atoms with E-state index in [1.807, 2.05) is 29.7 Å². The predicted molar refractivity (Wildman–Crippen MR) is 74.0 cm³/mol. The van der Waals surface area contributed by atoms with Gasteiger partial charge in [-0.3, -0.25) is 15.0 Å². The van der Waals surface area contributed by atoms with Gasteiger partial charge in [0, 0.05) is 17.3 Å². The lowest BCUT2D eigenvalue weighted by Gasteiger charge is -2.22. The molecule has 6 nitrogen and oxygen atoms in total. The molecule has 1 aromatic carbocycles. The lowest BCUT2D eigenvalue weighted by Crippen LogP contribution is -2.42. The first-order valence-corrected chi connectivity index (χ1v) is 6.52. The van der Waals surface area contributed by atoms with Crippen LogP contribution >= 0.6 is 15.9 Å². The highest BCUT2D eigenvalue weighted by Crippen LogP contribution is 2.17. The van der Waals surface area contributed by atoms with E-state index < -0.39 is 5.91 Å². The molecule has 1 aromatic rings. The van der Waals surface area contributed by atoms with Gasteiger partial charge in [0.25, 0.3) is 5.91 Å². The van der Waals surface area contributed by atoms with Gasteiger partial charge in [0.05, 0.1) is 5.71 Å².